The van der Waals surface area contributed by atoms with Crippen LogP contribution in [0.25, 0.3) is 10.9 Å². The van der Waals surface area contributed by atoms with Crippen LogP contribution in [0.5, 0.6) is 0 Å². The van der Waals surface area contributed by atoms with Crippen molar-refractivity contribution in [2.75, 3.05) is 24.5 Å². The number of amides is 2. The average molecular weight is 451 g/mol. The Labute approximate surface area is 192 Å². The van der Waals surface area contributed by atoms with Crippen molar-refractivity contribution in [1.82, 2.24) is 15.2 Å². The minimum absolute atomic E-state index is 0.0148. The molecule has 2 aliphatic heterocycles. The van der Waals surface area contributed by atoms with E-state index in [0.717, 1.165) is 60.5 Å². The van der Waals surface area contributed by atoms with Gasteiger partial charge in [0.25, 0.3) is 5.91 Å². The van der Waals surface area contributed by atoms with Gasteiger partial charge in [0.2, 0.25) is 5.91 Å². The number of hydrogen-bond acceptors (Lipinski definition) is 3. The van der Waals surface area contributed by atoms with E-state index in [4.69, 9.17) is 11.6 Å². The molecule has 0 aliphatic carbocycles. The van der Waals surface area contributed by atoms with Gasteiger partial charge >= 0.3 is 0 Å². The molecule has 2 aliphatic rings. The Morgan fingerprint density at radius 2 is 1.91 bits per heavy atom. The molecule has 2 N–H and O–H groups in total. The van der Waals surface area contributed by atoms with Crippen LogP contribution in [0.1, 0.15) is 42.1 Å². The first kappa shape index (κ1) is 21.0. The number of fused-ring (bicyclic) bond motifs is 1. The number of halogens is 1. The Hall–Kier alpha value is -2.83. The lowest BCUT2D eigenvalue weighted by Crippen LogP contribution is -2.50. The molecule has 5 rings (SSSR count). The molecule has 2 atom stereocenters. The van der Waals surface area contributed by atoms with Crippen molar-refractivity contribution in [1.29, 1.82) is 0 Å². The van der Waals surface area contributed by atoms with E-state index in [1.54, 1.807) is 0 Å². The summed E-state index contributed by atoms with van der Waals surface area (Å²) in [5.41, 5.74) is 2.53. The molecule has 32 heavy (non-hydrogen) atoms. The number of nitrogens with zero attached hydrogens (tertiary/aromatic N) is 2. The Bertz CT molecular complexity index is 1140. The first-order valence-electron chi connectivity index (χ1n) is 11.3. The molecule has 2 fully saturated rings. The normalized spacial score (nSPS) is 21.7. The van der Waals surface area contributed by atoms with Crippen molar-refractivity contribution < 1.29 is 9.59 Å². The second kappa shape index (κ2) is 8.96. The molecule has 2 amide bonds. The standard InChI is InChI=1S/C25H27ClN4O2/c26-20-16-30(22-6-2-1-5-19(20)22)23-15-27-13-12-21(23)28-25(32)17-8-10-18(11-9-17)29-14-4-3-7-24(29)31/h1-2,5-6,8-11,16,21,23,27H,3-4,7,12-15H2,(H,28,32). The van der Waals surface area contributed by atoms with E-state index < -0.39 is 0 Å². The maximum absolute atomic E-state index is 13.1. The third-order valence-electron chi connectivity index (χ3n) is 6.58. The fraction of sp³-hybridized carbons (Fsp3) is 0.360. The average Bonchev–Trinajstić information content (AvgIpc) is 3.16. The van der Waals surface area contributed by atoms with Gasteiger partial charge in [0.15, 0.2) is 0 Å². The van der Waals surface area contributed by atoms with Crippen LogP contribution in [0.3, 0.4) is 0 Å². The first-order valence-corrected chi connectivity index (χ1v) is 11.7. The maximum Gasteiger partial charge on any atom is 0.251 e. The fourth-order valence-electron chi connectivity index (χ4n) is 4.86. The Morgan fingerprint density at radius 3 is 2.72 bits per heavy atom. The molecule has 2 unspecified atom stereocenters. The minimum Gasteiger partial charge on any atom is -0.347 e. The van der Waals surface area contributed by atoms with Gasteiger partial charge < -0.3 is 20.1 Å². The van der Waals surface area contributed by atoms with E-state index in [-0.39, 0.29) is 23.9 Å². The van der Waals surface area contributed by atoms with E-state index >= 15 is 0 Å². The van der Waals surface area contributed by atoms with E-state index in [1.807, 2.05) is 53.6 Å². The molecular formula is C25H27ClN4O2. The van der Waals surface area contributed by atoms with E-state index in [9.17, 15) is 9.59 Å². The molecule has 0 spiro atoms. The number of carbonyl (C=O) groups excluding carboxylic acids is 2. The Balaban J connectivity index is 1.34. The van der Waals surface area contributed by atoms with Gasteiger partial charge in [0.1, 0.15) is 0 Å². The topological polar surface area (TPSA) is 66.4 Å². The van der Waals surface area contributed by atoms with Crippen LogP contribution in [-0.2, 0) is 4.79 Å². The van der Waals surface area contributed by atoms with Crippen LogP contribution in [0, 0.1) is 0 Å². The first-order chi connectivity index (χ1) is 15.6. The van der Waals surface area contributed by atoms with Gasteiger partial charge in [-0.3, -0.25) is 9.59 Å². The molecular weight excluding hydrogens is 424 g/mol. The maximum atomic E-state index is 13.1. The zero-order valence-electron chi connectivity index (χ0n) is 17.9. The van der Waals surface area contributed by atoms with E-state index in [1.165, 1.54) is 0 Å². The van der Waals surface area contributed by atoms with Crippen molar-refractivity contribution in [2.24, 2.45) is 0 Å². The Morgan fingerprint density at radius 1 is 1.09 bits per heavy atom. The SMILES string of the molecule is O=C(NC1CCNCC1n1cc(Cl)c2ccccc21)c1ccc(N2CCCCC2=O)cc1. The predicted octanol–water partition coefficient (Wildman–Crippen LogP) is 4.14. The van der Waals surface area contributed by atoms with Crippen LogP contribution in [0.4, 0.5) is 5.69 Å². The highest BCUT2D eigenvalue weighted by Gasteiger charge is 2.29. The molecule has 3 heterocycles. The highest BCUT2D eigenvalue weighted by atomic mass is 35.5. The van der Waals surface area contributed by atoms with Crippen molar-refractivity contribution in [2.45, 2.75) is 37.8 Å². The minimum atomic E-state index is -0.0963. The fourth-order valence-corrected chi connectivity index (χ4v) is 5.13. The van der Waals surface area contributed by atoms with Crippen molar-refractivity contribution in [3.63, 3.8) is 0 Å². The molecule has 2 aromatic carbocycles. The highest BCUT2D eigenvalue weighted by Crippen LogP contribution is 2.31. The van der Waals surface area contributed by atoms with Crippen LogP contribution in [0.15, 0.2) is 54.7 Å². The molecule has 0 bridgehead atoms. The molecule has 7 heteroatoms. The summed E-state index contributed by atoms with van der Waals surface area (Å²) in [6.07, 6.45) is 5.37. The monoisotopic (exact) mass is 450 g/mol. The van der Waals surface area contributed by atoms with Gasteiger partial charge in [-0.05, 0) is 56.1 Å². The zero-order chi connectivity index (χ0) is 22.1. The lowest BCUT2D eigenvalue weighted by atomic mass is 9.99. The third-order valence-corrected chi connectivity index (χ3v) is 6.88. The molecule has 3 aromatic rings. The van der Waals surface area contributed by atoms with Crippen molar-refractivity contribution in [3.05, 3.63) is 65.3 Å². The molecule has 6 nitrogen and oxygen atoms in total. The summed E-state index contributed by atoms with van der Waals surface area (Å²) in [6.45, 7) is 2.36. The van der Waals surface area contributed by atoms with Crippen LogP contribution >= 0.6 is 11.6 Å². The van der Waals surface area contributed by atoms with Crippen LogP contribution in [0.2, 0.25) is 5.02 Å². The summed E-state index contributed by atoms with van der Waals surface area (Å²) in [7, 11) is 0. The van der Waals surface area contributed by atoms with Gasteiger partial charge in [-0.1, -0.05) is 29.8 Å². The summed E-state index contributed by atoms with van der Waals surface area (Å²) in [5.74, 6) is 0.0598. The second-order valence-electron chi connectivity index (χ2n) is 8.59. The van der Waals surface area contributed by atoms with Gasteiger partial charge in [0.05, 0.1) is 17.1 Å². The lowest BCUT2D eigenvalue weighted by molar-refractivity contribution is -0.119. The summed E-state index contributed by atoms with van der Waals surface area (Å²) in [5, 5.41) is 8.43. The van der Waals surface area contributed by atoms with Gasteiger partial charge in [-0.15, -0.1) is 0 Å². The number of piperidine rings is 2. The number of nitrogens with one attached hydrogen (secondary N) is 2. The summed E-state index contributed by atoms with van der Waals surface area (Å²) < 4.78 is 2.18. The molecule has 0 radical (unpaired) electrons. The number of benzene rings is 2. The number of anilines is 1. The molecule has 1 aromatic heterocycles. The number of rotatable bonds is 4. The van der Waals surface area contributed by atoms with Crippen molar-refractivity contribution >= 4 is 40.0 Å². The number of para-hydroxylation sites is 1. The molecule has 2 saturated heterocycles. The van der Waals surface area contributed by atoms with Gasteiger partial charge in [-0.25, -0.2) is 0 Å². The summed E-state index contributed by atoms with van der Waals surface area (Å²) in [6, 6.07) is 15.5. The highest BCUT2D eigenvalue weighted by molar-refractivity contribution is 6.35. The number of aromatic nitrogens is 1. The molecule has 166 valence electrons. The van der Waals surface area contributed by atoms with Crippen LogP contribution < -0.4 is 15.5 Å². The van der Waals surface area contributed by atoms with Crippen molar-refractivity contribution in [3.8, 4) is 0 Å². The van der Waals surface area contributed by atoms with E-state index in [2.05, 4.69) is 21.3 Å². The molecule has 0 saturated carbocycles. The largest absolute Gasteiger partial charge is 0.347 e. The van der Waals surface area contributed by atoms with Crippen LogP contribution in [-0.4, -0.2) is 42.1 Å². The predicted molar refractivity (Wildman–Crippen MR) is 127 cm³/mol. The lowest BCUT2D eigenvalue weighted by Gasteiger charge is -2.34. The zero-order valence-corrected chi connectivity index (χ0v) is 18.6. The van der Waals surface area contributed by atoms with E-state index in [0.29, 0.717) is 12.0 Å². The summed E-state index contributed by atoms with van der Waals surface area (Å²) in [4.78, 5) is 27.0. The van der Waals surface area contributed by atoms with Gasteiger partial charge in [-0.2, -0.15) is 0 Å². The van der Waals surface area contributed by atoms with Gasteiger partial charge in [0, 0.05) is 47.9 Å². The smallest absolute Gasteiger partial charge is 0.251 e. The second-order valence-corrected chi connectivity index (χ2v) is 9.00. The summed E-state index contributed by atoms with van der Waals surface area (Å²) >= 11 is 6.48. The third kappa shape index (κ3) is 4.00. The number of hydrogen-bond donors (Lipinski definition) is 2. The number of carbonyl (C=O) groups is 2. The quantitative estimate of drug-likeness (QED) is 0.627. The Kier molecular flexibility index (Phi) is 5.89.